The van der Waals surface area contributed by atoms with Crippen LogP contribution in [0, 0.1) is 5.82 Å². The summed E-state index contributed by atoms with van der Waals surface area (Å²) in [6.45, 7) is 1.86. The van der Waals surface area contributed by atoms with E-state index < -0.39 is 17.6 Å². The highest BCUT2D eigenvalue weighted by Gasteiger charge is 2.20. The summed E-state index contributed by atoms with van der Waals surface area (Å²) in [6, 6.07) is 20.7. The van der Waals surface area contributed by atoms with E-state index in [0.717, 1.165) is 16.5 Å². The van der Waals surface area contributed by atoms with Crippen LogP contribution in [0.25, 0.3) is 22.0 Å². The minimum atomic E-state index is -0.610. The number of hydrogen-bond donors (Lipinski definition) is 2. The van der Waals surface area contributed by atoms with Crippen molar-refractivity contribution < 1.29 is 14.0 Å². The Morgan fingerprint density at radius 2 is 1.84 bits per heavy atom. The lowest BCUT2D eigenvalue weighted by molar-refractivity contribution is -0.117. The fourth-order valence-corrected chi connectivity index (χ4v) is 3.82. The number of nitrogens with one attached hydrogen (secondary N) is 1. The average molecular weight is 427 g/mol. The second kappa shape index (κ2) is 8.98. The molecule has 0 saturated carbocycles. The second-order valence-electron chi connectivity index (χ2n) is 7.55. The first-order valence-corrected chi connectivity index (χ1v) is 10.3. The zero-order chi connectivity index (χ0) is 22.7. The number of nitrogens with zero attached hydrogens (tertiary/aromatic N) is 1. The van der Waals surface area contributed by atoms with Gasteiger partial charge in [0, 0.05) is 28.4 Å². The second-order valence-corrected chi connectivity index (χ2v) is 7.55. The Labute approximate surface area is 185 Å². The molecular formula is C26H22FN3O2. The predicted octanol–water partition coefficient (Wildman–Crippen LogP) is 5.27. The average Bonchev–Trinajstić information content (AvgIpc) is 2.79. The van der Waals surface area contributed by atoms with Crippen LogP contribution in [0.1, 0.15) is 35.2 Å². The van der Waals surface area contributed by atoms with Gasteiger partial charge in [-0.2, -0.15) is 0 Å². The van der Waals surface area contributed by atoms with E-state index in [1.54, 1.807) is 36.5 Å². The Morgan fingerprint density at radius 1 is 1.03 bits per heavy atom. The van der Waals surface area contributed by atoms with E-state index in [1.165, 1.54) is 12.1 Å². The molecule has 0 aliphatic rings. The molecule has 1 aromatic heterocycles. The number of amides is 2. The smallest absolute Gasteiger partial charge is 0.249 e. The number of primary amides is 1. The number of para-hydroxylation sites is 1. The Hall–Kier alpha value is -4.06. The number of hydrogen-bond acceptors (Lipinski definition) is 3. The molecule has 4 rings (SSSR count). The van der Waals surface area contributed by atoms with Crippen LogP contribution in [-0.4, -0.2) is 16.8 Å². The molecule has 3 aromatic carbocycles. The highest BCUT2D eigenvalue weighted by Crippen LogP contribution is 2.29. The number of aromatic nitrogens is 1. The van der Waals surface area contributed by atoms with Crippen molar-refractivity contribution in [3.8, 4) is 11.1 Å². The standard InChI is InChI=1S/C26H22FN3O2/c1-2-21(16-7-5-8-19(27)13-16)26(32)30-20-10-11-22(23(14-20)25(28)31)18-12-17-6-3-4-9-24(17)29-15-18/h3-15,21H,2H2,1H3,(H2,28,31)(H,30,32). The van der Waals surface area contributed by atoms with Crippen molar-refractivity contribution >= 4 is 28.4 Å². The van der Waals surface area contributed by atoms with Crippen LogP contribution in [0.2, 0.25) is 0 Å². The maximum Gasteiger partial charge on any atom is 0.249 e. The Morgan fingerprint density at radius 3 is 2.59 bits per heavy atom. The maximum absolute atomic E-state index is 13.6. The van der Waals surface area contributed by atoms with Gasteiger partial charge < -0.3 is 11.1 Å². The lowest BCUT2D eigenvalue weighted by Crippen LogP contribution is -2.21. The van der Waals surface area contributed by atoms with Crippen molar-refractivity contribution in [1.82, 2.24) is 4.98 Å². The van der Waals surface area contributed by atoms with Gasteiger partial charge in [0.2, 0.25) is 11.8 Å². The number of fused-ring (bicyclic) bond motifs is 1. The summed E-state index contributed by atoms with van der Waals surface area (Å²) in [4.78, 5) is 29.5. The van der Waals surface area contributed by atoms with Gasteiger partial charge in [0.25, 0.3) is 0 Å². The number of rotatable bonds is 6. The number of carbonyl (C=O) groups is 2. The van der Waals surface area contributed by atoms with Gasteiger partial charge in [0.15, 0.2) is 0 Å². The van der Waals surface area contributed by atoms with E-state index in [-0.39, 0.29) is 11.5 Å². The van der Waals surface area contributed by atoms with E-state index in [4.69, 9.17) is 5.73 Å². The molecule has 0 saturated heterocycles. The van der Waals surface area contributed by atoms with Crippen molar-refractivity contribution in [1.29, 1.82) is 0 Å². The maximum atomic E-state index is 13.6. The highest BCUT2D eigenvalue weighted by molar-refractivity contribution is 6.03. The third-order valence-electron chi connectivity index (χ3n) is 5.43. The van der Waals surface area contributed by atoms with Crippen molar-refractivity contribution in [3.63, 3.8) is 0 Å². The number of carbonyl (C=O) groups excluding carboxylic acids is 2. The molecule has 32 heavy (non-hydrogen) atoms. The molecule has 4 aromatic rings. The minimum Gasteiger partial charge on any atom is -0.366 e. The van der Waals surface area contributed by atoms with Crippen molar-refractivity contribution in [3.05, 3.63) is 95.9 Å². The molecule has 5 nitrogen and oxygen atoms in total. The quantitative estimate of drug-likeness (QED) is 0.439. The summed E-state index contributed by atoms with van der Waals surface area (Å²) >= 11 is 0. The molecule has 2 amide bonds. The zero-order valence-electron chi connectivity index (χ0n) is 17.5. The van der Waals surface area contributed by atoms with Crippen molar-refractivity contribution in [2.24, 2.45) is 5.73 Å². The van der Waals surface area contributed by atoms with Gasteiger partial charge in [-0.05, 0) is 53.9 Å². The summed E-state index contributed by atoms with van der Waals surface area (Å²) in [7, 11) is 0. The zero-order valence-corrected chi connectivity index (χ0v) is 17.5. The van der Waals surface area contributed by atoms with Crippen LogP contribution in [-0.2, 0) is 4.79 Å². The lowest BCUT2D eigenvalue weighted by atomic mass is 9.95. The number of anilines is 1. The number of benzene rings is 3. The number of halogens is 1. The van der Waals surface area contributed by atoms with Crippen LogP contribution in [0.4, 0.5) is 10.1 Å². The third kappa shape index (κ3) is 4.34. The molecule has 0 bridgehead atoms. The van der Waals surface area contributed by atoms with E-state index in [2.05, 4.69) is 10.3 Å². The van der Waals surface area contributed by atoms with Gasteiger partial charge in [-0.25, -0.2) is 4.39 Å². The Balaban J connectivity index is 1.65. The molecule has 0 spiro atoms. The largest absolute Gasteiger partial charge is 0.366 e. The van der Waals surface area contributed by atoms with Gasteiger partial charge in [0.1, 0.15) is 5.82 Å². The highest BCUT2D eigenvalue weighted by atomic mass is 19.1. The van der Waals surface area contributed by atoms with Gasteiger partial charge >= 0.3 is 0 Å². The van der Waals surface area contributed by atoms with E-state index >= 15 is 0 Å². The van der Waals surface area contributed by atoms with Crippen molar-refractivity contribution in [2.45, 2.75) is 19.3 Å². The van der Waals surface area contributed by atoms with Gasteiger partial charge in [0.05, 0.1) is 11.4 Å². The molecule has 0 radical (unpaired) electrons. The van der Waals surface area contributed by atoms with Crippen LogP contribution < -0.4 is 11.1 Å². The Bertz CT molecular complexity index is 1320. The molecule has 1 atom stereocenters. The molecule has 0 fully saturated rings. The topological polar surface area (TPSA) is 85.1 Å². The van der Waals surface area contributed by atoms with Gasteiger partial charge in [-0.1, -0.05) is 43.3 Å². The summed E-state index contributed by atoms with van der Waals surface area (Å²) in [6.07, 6.45) is 2.19. The third-order valence-corrected chi connectivity index (χ3v) is 5.43. The van der Waals surface area contributed by atoms with Crippen LogP contribution in [0.3, 0.4) is 0 Å². The number of nitrogens with two attached hydrogens (primary N) is 1. The fraction of sp³-hybridized carbons (Fsp3) is 0.115. The minimum absolute atomic E-state index is 0.277. The SMILES string of the molecule is CCC(C(=O)Nc1ccc(-c2cnc3ccccc3c2)c(C(N)=O)c1)c1cccc(F)c1. The van der Waals surface area contributed by atoms with Crippen LogP contribution in [0.15, 0.2) is 79.0 Å². The first kappa shape index (κ1) is 21.2. The monoisotopic (exact) mass is 427 g/mol. The molecule has 1 heterocycles. The first-order chi connectivity index (χ1) is 15.5. The molecule has 160 valence electrons. The summed E-state index contributed by atoms with van der Waals surface area (Å²) in [5.41, 5.74) is 9.19. The molecule has 3 N–H and O–H groups in total. The molecule has 0 aliphatic carbocycles. The molecule has 1 unspecified atom stereocenters. The number of pyridine rings is 1. The Kier molecular flexibility index (Phi) is 5.94. The summed E-state index contributed by atoms with van der Waals surface area (Å²) in [5.74, 6) is -1.81. The van der Waals surface area contributed by atoms with E-state index in [0.29, 0.717) is 23.2 Å². The normalized spacial score (nSPS) is 11.8. The van der Waals surface area contributed by atoms with Gasteiger partial charge in [-0.15, -0.1) is 0 Å². The summed E-state index contributed by atoms with van der Waals surface area (Å²) in [5, 5.41) is 3.77. The van der Waals surface area contributed by atoms with Gasteiger partial charge in [-0.3, -0.25) is 14.6 Å². The molecule has 6 heteroatoms. The van der Waals surface area contributed by atoms with E-state index in [1.807, 2.05) is 37.3 Å². The first-order valence-electron chi connectivity index (χ1n) is 10.3. The molecule has 0 aliphatic heterocycles. The fourth-order valence-electron chi connectivity index (χ4n) is 3.82. The predicted molar refractivity (Wildman–Crippen MR) is 124 cm³/mol. The summed E-state index contributed by atoms with van der Waals surface area (Å²) < 4.78 is 13.6. The lowest BCUT2D eigenvalue weighted by Gasteiger charge is -2.17. The van der Waals surface area contributed by atoms with Crippen LogP contribution >= 0.6 is 0 Å². The van der Waals surface area contributed by atoms with Crippen molar-refractivity contribution in [2.75, 3.05) is 5.32 Å². The van der Waals surface area contributed by atoms with Crippen LogP contribution in [0.5, 0.6) is 0 Å². The molecular weight excluding hydrogens is 405 g/mol. The van der Waals surface area contributed by atoms with E-state index in [9.17, 15) is 14.0 Å².